The summed E-state index contributed by atoms with van der Waals surface area (Å²) in [6.07, 6.45) is 0. The predicted octanol–water partition coefficient (Wildman–Crippen LogP) is 3.73. The van der Waals surface area contributed by atoms with Gasteiger partial charge in [0.25, 0.3) is 11.8 Å². The largest absolute Gasteiger partial charge is 0.395 e. The zero-order valence-electron chi connectivity index (χ0n) is 21.3. The van der Waals surface area contributed by atoms with Gasteiger partial charge in [-0.05, 0) is 53.0 Å². The Hall–Kier alpha value is -4.77. The van der Waals surface area contributed by atoms with Crippen LogP contribution in [-0.2, 0) is 11.3 Å². The number of aromatic nitrogens is 1. The summed E-state index contributed by atoms with van der Waals surface area (Å²) in [5.74, 6) is -2.74. The summed E-state index contributed by atoms with van der Waals surface area (Å²) in [6.45, 7) is 0.200. The molecule has 11 heteroatoms. The quantitative estimate of drug-likeness (QED) is 0.293. The first-order valence-electron chi connectivity index (χ1n) is 11.9. The number of nitrogen functional groups attached to an aromatic ring is 1. The van der Waals surface area contributed by atoms with Crippen molar-refractivity contribution < 1.29 is 18.8 Å². The fraction of sp³-hybridized carbons (Fsp3) is 0.143. The van der Waals surface area contributed by atoms with Crippen LogP contribution < -0.4 is 26.6 Å². The van der Waals surface area contributed by atoms with Gasteiger partial charge < -0.3 is 21.7 Å². The number of primary amides is 1. The van der Waals surface area contributed by atoms with E-state index in [9.17, 15) is 18.8 Å². The van der Waals surface area contributed by atoms with E-state index in [-0.39, 0.29) is 28.5 Å². The Balaban J connectivity index is 1.84. The Morgan fingerprint density at radius 1 is 0.974 bits per heavy atom. The van der Waals surface area contributed by atoms with E-state index in [1.807, 2.05) is 61.5 Å². The van der Waals surface area contributed by atoms with Crippen molar-refractivity contribution in [1.29, 1.82) is 0 Å². The van der Waals surface area contributed by atoms with Gasteiger partial charge in [-0.2, -0.15) is 4.37 Å². The molecule has 0 radical (unpaired) electrons. The fourth-order valence-electron chi connectivity index (χ4n) is 4.00. The van der Waals surface area contributed by atoms with Crippen molar-refractivity contribution in [3.63, 3.8) is 0 Å². The number of hydrogen-bond donors (Lipinski definition) is 3. The number of halogens is 1. The molecule has 0 aliphatic carbocycles. The second-order valence-corrected chi connectivity index (χ2v) is 9.66. The monoisotopic (exact) mass is 546 g/mol. The molecule has 0 unspecified atom stereocenters. The molecule has 4 rings (SSSR count). The van der Waals surface area contributed by atoms with Crippen LogP contribution in [0.25, 0.3) is 0 Å². The third-order valence-electron chi connectivity index (χ3n) is 6.00. The average Bonchev–Trinajstić information content (AvgIpc) is 3.32. The van der Waals surface area contributed by atoms with Gasteiger partial charge in [0.05, 0.1) is 5.69 Å². The Morgan fingerprint density at radius 2 is 1.67 bits per heavy atom. The Morgan fingerprint density at radius 3 is 2.26 bits per heavy atom. The fourth-order valence-corrected chi connectivity index (χ4v) is 4.74. The van der Waals surface area contributed by atoms with Crippen molar-refractivity contribution in [3.8, 4) is 0 Å². The molecule has 9 nitrogen and oxygen atoms in total. The smallest absolute Gasteiger partial charge is 0.273 e. The first-order chi connectivity index (χ1) is 18.7. The van der Waals surface area contributed by atoms with Crippen molar-refractivity contribution >= 4 is 46.3 Å². The molecule has 5 N–H and O–H groups in total. The highest BCUT2D eigenvalue weighted by Crippen LogP contribution is 2.34. The minimum atomic E-state index is -1.22. The summed E-state index contributed by atoms with van der Waals surface area (Å²) in [5.41, 5.74) is 13.3. The first kappa shape index (κ1) is 27.3. The third kappa shape index (κ3) is 6.04. The van der Waals surface area contributed by atoms with E-state index in [1.165, 1.54) is 18.2 Å². The highest BCUT2D eigenvalue weighted by molar-refractivity contribution is 7.09. The normalized spacial score (nSPS) is 11.5. The van der Waals surface area contributed by atoms with E-state index in [0.29, 0.717) is 17.1 Å². The van der Waals surface area contributed by atoms with E-state index in [4.69, 9.17) is 11.5 Å². The Bertz CT molecular complexity index is 1490. The lowest BCUT2D eigenvalue weighted by atomic mass is 10.0. The summed E-state index contributed by atoms with van der Waals surface area (Å²) in [5, 5.41) is 2.89. The lowest BCUT2D eigenvalue weighted by Crippen LogP contribution is -2.44. The maximum atomic E-state index is 14.4. The minimum absolute atomic E-state index is 0.0983. The molecule has 0 bridgehead atoms. The van der Waals surface area contributed by atoms with Crippen molar-refractivity contribution in [2.75, 3.05) is 29.6 Å². The molecule has 0 saturated carbocycles. The van der Waals surface area contributed by atoms with Crippen LogP contribution in [0.3, 0.4) is 0 Å². The van der Waals surface area contributed by atoms with Gasteiger partial charge in [0.2, 0.25) is 5.91 Å². The van der Waals surface area contributed by atoms with Gasteiger partial charge in [-0.3, -0.25) is 19.3 Å². The number of hydrogen-bond acceptors (Lipinski definition) is 7. The molecule has 0 fully saturated rings. The average molecular weight is 547 g/mol. The van der Waals surface area contributed by atoms with E-state index < -0.39 is 29.6 Å². The maximum absolute atomic E-state index is 14.4. The van der Waals surface area contributed by atoms with Crippen LogP contribution in [0.5, 0.6) is 0 Å². The van der Waals surface area contributed by atoms with E-state index in [0.717, 1.165) is 22.2 Å². The van der Waals surface area contributed by atoms with Crippen LogP contribution in [0.4, 0.5) is 21.5 Å². The van der Waals surface area contributed by atoms with Gasteiger partial charge in [-0.15, -0.1) is 0 Å². The van der Waals surface area contributed by atoms with Gasteiger partial charge in [0.1, 0.15) is 16.7 Å². The summed E-state index contributed by atoms with van der Waals surface area (Å²) in [6, 6.07) is 20.5. The summed E-state index contributed by atoms with van der Waals surface area (Å²) in [7, 11) is 3.76. The van der Waals surface area contributed by atoms with Crippen molar-refractivity contribution in [2.45, 2.75) is 12.6 Å². The lowest BCUT2D eigenvalue weighted by Gasteiger charge is -2.31. The van der Waals surface area contributed by atoms with E-state index in [1.54, 1.807) is 12.1 Å². The molecule has 200 valence electrons. The molecular formula is C28H27FN6O3S. The number of carbonyl (C=O) groups excluding carboxylic acids is 3. The minimum Gasteiger partial charge on any atom is -0.395 e. The van der Waals surface area contributed by atoms with Crippen LogP contribution >= 0.6 is 11.5 Å². The van der Waals surface area contributed by atoms with Crippen molar-refractivity contribution in [2.24, 2.45) is 5.73 Å². The highest BCUT2D eigenvalue weighted by Gasteiger charge is 2.36. The number of benzene rings is 3. The zero-order valence-corrected chi connectivity index (χ0v) is 22.1. The van der Waals surface area contributed by atoms with Gasteiger partial charge >= 0.3 is 0 Å². The maximum Gasteiger partial charge on any atom is 0.273 e. The summed E-state index contributed by atoms with van der Waals surface area (Å²) >= 11 is 0.682. The van der Waals surface area contributed by atoms with Crippen molar-refractivity contribution in [1.82, 2.24) is 9.69 Å². The third-order valence-corrected chi connectivity index (χ3v) is 6.85. The van der Waals surface area contributed by atoms with Gasteiger partial charge in [-0.1, -0.05) is 48.5 Å². The Kier molecular flexibility index (Phi) is 8.21. The topological polar surface area (TPSA) is 135 Å². The first-order valence-corrected chi connectivity index (χ1v) is 12.7. The molecule has 4 aromatic rings. The Labute approximate surface area is 229 Å². The van der Waals surface area contributed by atoms with E-state index in [2.05, 4.69) is 9.69 Å². The van der Waals surface area contributed by atoms with Crippen LogP contribution in [0.15, 0.2) is 78.9 Å². The molecule has 1 heterocycles. The van der Waals surface area contributed by atoms with Crippen molar-refractivity contribution in [3.05, 3.63) is 106 Å². The lowest BCUT2D eigenvalue weighted by molar-refractivity contribution is -0.122. The number of carbonyl (C=O) groups is 3. The molecule has 1 aromatic heterocycles. The molecule has 0 spiro atoms. The second-order valence-electron chi connectivity index (χ2n) is 8.89. The van der Waals surface area contributed by atoms with Gasteiger partial charge in [0, 0.05) is 32.0 Å². The zero-order chi connectivity index (χ0) is 28.1. The standard InChI is InChI=1S/C28H27FN6O3S/c1-34(2)20-13-11-18(12-14-20)24(27(37)32-16-17-7-4-3-5-8-17)35(21-10-6-9-19(29)15-21)28(38)25-22(30)23(26(31)36)33-39-25/h3-15,24H,16,30H2,1-2H3,(H2,31,36)(H,32,37)/t24-/m0/s1. The molecule has 0 aliphatic rings. The summed E-state index contributed by atoms with van der Waals surface area (Å²) in [4.78, 5) is 42.6. The van der Waals surface area contributed by atoms with Crippen LogP contribution in [-0.4, -0.2) is 36.2 Å². The number of nitrogens with zero attached hydrogens (tertiary/aromatic N) is 3. The number of rotatable bonds is 9. The molecule has 1 atom stereocenters. The SMILES string of the molecule is CN(C)c1ccc([C@@H](C(=O)NCc2ccccc2)N(C(=O)c2snc(C(N)=O)c2N)c2cccc(F)c2)cc1. The van der Waals surface area contributed by atoms with Crippen LogP contribution in [0.1, 0.15) is 37.3 Å². The molecule has 0 aliphatic heterocycles. The predicted molar refractivity (Wildman–Crippen MR) is 150 cm³/mol. The molecule has 39 heavy (non-hydrogen) atoms. The van der Waals surface area contributed by atoms with Gasteiger partial charge in [-0.25, -0.2) is 4.39 Å². The highest BCUT2D eigenvalue weighted by atomic mass is 32.1. The molecule has 0 saturated heterocycles. The summed E-state index contributed by atoms with van der Waals surface area (Å²) < 4.78 is 18.3. The van der Waals surface area contributed by atoms with E-state index >= 15 is 0 Å². The van der Waals surface area contributed by atoms with Crippen LogP contribution in [0, 0.1) is 5.82 Å². The number of amides is 3. The second kappa shape index (κ2) is 11.7. The molecule has 3 amide bonds. The number of nitrogens with two attached hydrogens (primary N) is 2. The molecular weight excluding hydrogens is 519 g/mol. The number of nitrogens with one attached hydrogen (secondary N) is 1. The van der Waals surface area contributed by atoms with Gasteiger partial charge in [0.15, 0.2) is 5.69 Å². The molecule has 3 aromatic carbocycles. The number of anilines is 3. The van der Waals surface area contributed by atoms with Crippen LogP contribution in [0.2, 0.25) is 0 Å².